The number of benzene rings is 1. The first kappa shape index (κ1) is 25.5. The molecule has 0 atom stereocenters. The molecule has 192 valence electrons. The molecule has 4 rings (SSSR count). The molecule has 0 aliphatic carbocycles. The molecule has 36 heavy (non-hydrogen) atoms. The molecule has 0 bridgehead atoms. The smallest absolute Gasteiger partial charge is 0.309 e. The molecule has 0 saturated heterocycles. The van der Waals surface area contributed by atoms with Crippen LogP contribution in [0.15, 0.2) is 35.4 Å². The van der Waals surface area contributed by atoms with Gasteiger partial charge in [-0.2, -0.15) is 5.10 Å². The number of pyridine rings is 1. The van der Waals surface area contributed by atoms with Gasteiger partial charge in [0, 0.05) is 43.2 Å². The van der Waals surface area contributed by atoms with E-state index in [0.717, 1.165) is 24.2 Å². The molecule has 9 nitrogen and oxygen atoms in total. The Bertz CT molecular complexity index is 1350. The summed E-state index contributed by atoms with van der Waals surface area (Å²) in [4.78, 5) is 27.3. The van der Waals surface area contributed by atoms with Crippen molar-refractivity contribution in [1.82, 2.24) is 14.3 Å². The lowest BCUT2D eigenvalue weighted by atomic mass is 9.91. The fraction of sp³-hybridized carbons (Fsp3) is 0.444. The molecule has 0 spiro atoms. The number of fused-ring (bicyclic) bond motifs is 1. The minimum absolute atomic E-state index is 0.264. The molecular formula is C27H33N4O5-. The fourth-order valence-corrected chi connectivity index (χ4v) is 4.93. The first-order valence-electron chi connectivity index (χ1n) is 12.2. The zero-order valence-electron chi connectivity index (χ0n) is 21.5. The van der Waals surface area contributed by atoms with E-state index in [0.29, 0.717) is 53.4 Å². The summed E-state index contributed by atoms with van der Waals surface area (Å²) in [6.07, 6.45) is 4.14. The highest BCUT2D eigenvalue weighted by Crippen LogP contribution is 2.39. The predicted octanol–water partition coefficient (Wildman–Crippen LogP) is 2.60. The van der Waals surface area contributed by atoms with Crippen LogP contribution in [0, 0.1) is 6.92 Å². The number of hydrogen-bond acceptors (Lipinski definition) is 6. The largest absolute Gasteiger partial charge is 0.849 e. The molecule has 1 aromatic carbocycles. The number of aryl methyl sites for hydroxylation is 1. The molecular weight excluding hydrogens is 460 g/mol. The molecule has 0 amide bonds. The Balaban J connectivity index is 1.94. The third-order valence-electron chi connectivity index (χ3n) is 6.43. The molecule has 1 aliphatic heterocycles. The van der Waals surface area contributed by atoms with Crippen molar-refractivity contribution in [2.75, 3.05) is 24.6 Å². The number of ether oxygens (including phenoxy) is 1. The van der Waals surface area contributed by atoms with Gasteiger partial charge >= 0.3 is 5.97 Å². The van der Waals surface area contributed by atoms with E-state index in [1.165, 1.54) is 4.57 Å². The van der Waals surface area contributed by atoms with Gasteiger partial charge in [-0.1, -0.05) is 26.8 Å². The van der Waals surface area contributed by atoms with Crippen molar-refractivity contribution in [3.05, 3.63) is 52.2 Å². The molecule has 0 fully saturated rings. The minimum Gasteiger partial charge on any atom is -0.849 e. The SMILES string of the molecule is CCCn1cc(-c2c(C)c(-c3ccc4c(c3)N(CC(C)(C)[O-])CCO4)c(CC(=O)O)n(C)c2=O)cn1. The summed E-state index contributed by atoms with van der Waals surface area (Å²) >= 11 is 0. The lowest BCUT2D eigenvalue weighted by Crippen LogP contribution is -2.50. The summed E-state index contributed by atoms with van der Waals surface area (Å²) in [6.45, 7) is 9.32. The van der Waals surface area contributed by atoms with Crippen molar-refractivity contribution in [2.45, 2.75) is 52.7 Å². The number of anilines is 1. The van der Waals surface area contributed by atoms with Gasteiger partial charge in [-0.25, -0.2) is 0 Å². The first-order valence-corrected chi connectivity index (χ1v) is 12.2. The van der Waals surface area contributed by atoms with Crippen molar-refractivity contribution in [1.29, 1.82) is 0 Å². The number of aliphatic carboxylic acids is 1. The van der Waals surface area contributed by atoms with E-state index in [1.54, 1.807) is 31.8 Å². The van der Waals surface area contributed by atoms with Crippen LogP contribution in [0.2, 0.25) is 0 Å². The summed E-state index contributed by atoms with van der Waals surface area (Å²) < 4.78 is 9.07. The van der Waals surface area contributed by atoms with E-state index in [9.17, 15) is 19.8 Å². The van der Waals surface area contributed by atoms with Crippen LogP contribution in [-0.2, 0) is 24.8 Å². The number of hydrogen-bond donors (Lipinski definition) is 1. The standard InChI is InChI=1S/C27H33N4O5/c1-6-9-31-15-19(14-28-31)25-17(2)24(21(13-23(32)33)29(5)26(25)34)18-7-8-22-20(12-18)30(10-11-36-22)16-27(3,4)35/h7-8,12,14-15H,6,9-11,13,16H2,1-5H3,(H,32,33)/q-1. The van der Waals surface area contributed by atoms with Gasteiger partial charge in [0.25, 0.3) is 5.56 Å². The van der Waals surface area contributed by atoms with Gasteiger partial charge in [-0.3, -0.25) is 14.3 Å². The van der Waals surface area contributed by atoms with E-state index in [2.05, 4.69) is 12.0 Å². The first-order chi connectivity index (χ1) is 17.0. The number of carboxylic acids is 1. The van der Waals surface area contributed by atoms with Crippen LogP contribution < -0.4 is 20.3 Å². The maximum atomic E-state index is 13.5. The van der Waals surface area contributed by atoms with E-state index >= 15 is 0 Å². The van der Waals surface area contributed by atoms with Crippen LogP contribution in [0.5, 0.6) is 5.75 Å². The third-order valence-corrected chi connectivity index (χ3v) is 6.43. The molecule has 1 aliphatic rings. The number of aromatic nitrogens is 3. The topological polar surface area (TPSA) is 113 Å². The van der Waals surface area contributed by atoms with Gasteiger partial charge in [0.15, 0.2) is 0 Å². The minimum atomic E-state index is -1.16. The van der Waals surface area contributed by atoms with E-state index in [-0.39, 0.29) is 12.0 Å². The van der Waals surface area contributed by atoms with Crippen molar-refractivity contribution in [3.63, 3.8) is 0 Å². The predicted molar refractivity (Wildman–Crippen MR) is 136 cm³/mol. The van der Waals surface area contributed by atoms with Crippen molar-refractivity contribution in [2.24, 2.45) is 7.05 Å². The van der Waals surface area contributed by atoms with Gasteiger partial charge in [0.2, 0.25) is 0 Å². The van der Waals surface area contributed by atoms with Gasteiger partial charge in [0.05, 0.1) is 30.4 Å². The number of carbonyl (C=O) groups is 1. The van der Waals surface area contributed by atoms with E-state index < -0.39 is 11.6 Å². The Morgan fingerprint density at radius 3 is 2.67 bits per heavy atom. The Morgan fingerprint density at radius 2 is 2.00 bits per heavy atom. The molecule has 0 unspecified atom stereocenters. The Kier molecular flexibility index (Phi) is 6.95. The second-order valence-electron chi connectivity index (χ2n) is 9.96. The van der Waals surface area contributed by atoms with Gasteiger partial charge < -0.3 is 24.4 Å². The zero-order chi connectivity index (χ0) is 26.2. The zero-order valence-corrected chi connectivity index (χ0v) is 21.5. The molecule has 3 heterocycles. The lowest BCUT2D eigenvalue weighted by molar-refractivity contribution is -0.461. The lowest BCUT2D eigenvalue weighted by Gasteiger charge is -2.41. The van der Waals surface area contributed by atoms with E-state index in [4.69, 9.17) is 4.74 Å². The summed E-state index contributed by atoms with van der Waals surface area (Å²) in [5.41, 5.74) is 3.12. The average molecular weight is 494 g/mol. The van der Waals surface area contributed by atoms with Crippen LogP contribution >= 0.6 is 0 Å². The third kappa shape index (κ3) is 5.02. The van der Waals surface area contributed by atoms with Crippen molar-refractivity contribution < 1.29 is 19.7 Å². The molecule has 9 heteroatoms. The molecule has 0 saturated carbocycles. The Morgan fingerprint density at radius 1 is 1.25 bits per heavy atom. The number of rotatable bonds is 8. The maximum Gasteiger partial charge on any atom is 0.309 e. The van der Waals surface area contributed by atoms with Gasteiger partial charge in [-0.05, 0) is 36.6 Å². The summed E-state index contributed by atoms with van der Waals surface area (Å²) in [6, 6.07) is 5.67. The van der Waals surface area contributed by atoms with Gasteiger partial charge in [-0.15, -0.1) is 5.60 Å². The van der Waals surface area contributed by atoms with Gasteiger partial charge in [0.1, 0.15) is 12.4 Å². The van der Waals surface area contributed by atoms with Crippen LogP contribution in [0.25, 0.3) is 22.3 Å². The molecule has 1 N–H and O–H groups in total. The molecule has 3 aromatic rings. The monoisotopic (exact) mass is 493 g/mol. The highest BCUT2D eigenvalue weighted by molar-refractivity contribution is 5.84. The summed E-state index contributed by atoms with van der Waals surface area (Å²) in [7, 11) is 1.61. The molecule has 2 aromatic heterocycles. The van der Waals surface area contributed by atoms with E-state index in [1.807, 2.05) is 36.2 Å². The normalized spacial score (nSPS) is 13.4. The van der Waals surface area contributed by atoms with Crippen LogP contribution in [0.1, 0.15) is 38.4 Å². The Labute approximate surface area is 210 Å². The number of carboxylic acid groups (broad SMARTS) is 1. The molecule has 0 radical (unpaired) electrons. The Hall–Kier alpha value is -3.59. The fourth-order valence-electron chi connectivity index (χ4n) is 4.93. The average Bonchev–Trinajstić information content (AvgIpc) is 3.25. The maximum absolute atomic E-state index is 13.5. The summed E-state index contributed by atoms with van der Waals surface area (Å²) in [5, 5.41) is 26.6. The highest BCUT2D eigenvalue weighted by Gasteiger charge is 2.25. The highest BCUT2D eigenvalue weighted by atomic mass is 16.5. The second-order valence-corrected chi connectivity index (χ2v) is 9.96. The second kappa shape index (κ2) is 9.81. The van der Waals surface area contributed by atoms with Crippen molar-refractivity contribution in [3.8, 4) is 28.0 Å². The summed E-state index contributed by atoms with van der Waals surface area (Å²) in [5.74, 6) is -0.345. The van der Waals surface area contributed by atoms with Crippen molar-refractivity contribution >= 4 is 11.7 Å². The number of nitrogens with zero attached hydrogens (tertiary/aromatic N) is 4. The van der Waals surface area contributed by atoms with Crippen LogP contribution in [0.3, 0.4) is 0 Å². The van der Waals surface area contributed by atoms with Crippen LogP contribution in [0.4, 0.5) is 5.69 Å². The van der Waals surface area contributed by atoms with Crippen LogP contribution in [-0.4, -0.2) is 50.7 Å². The quantitative estimate of drug-likeness (QED) is 0.513.